The van der Waals surface area contributed by atoms with E-state index in [1.807, 2.05) is 0 Å². The number of piperidine rings is 1. The molecule has 114 valence electrons. The van der Waals surface area contributed by atoms with Gasteiger partial charge in [-0.1, -0.05) is 12.8 Å². The molecule has 3 aliphatic carbocycles. The molecule has 1 heterocycles. The standard InChI is InChI=1S/C18H32N2/c1-2-14-4-5-17(16(14)3-1)20-15-6-8-18(9-7-15)10-12-19-13-11-18/h14-17,19-20H,1-13H2/t14-,16-,17-/m1/s1. The Morgan fingerprint density at radius 1 is 0.800 bits per heavy atom. The van der Waals surface area contributed by atoms with Crippen molar-refractivity contribution in [1.29, 1.82) is 0 Å². The van der Waals surface area contributed by atoms with E-state index >= 15 is 0 Å². The zero-order chi connectivity index (χ0) is 13.4. The molecule has 2 heteroatoms. The van der Waals surface area contributed by atoms with Crippen LogP contribution in [0.1, 0.15) is 70.6 Å². The molecule has 3 saturated carbocycles. The van der Waals surface area contributed by atoms with Crippen LogP contribution >= 0.6 is 0 Å². The molecule has 0 bridgehead atoms. The summed E-state index contributed by atoms with van der Waals surface area (Å²) in [6.07, 6.45) is 16.3. The third-order valence-electron chi connectivity index (χ3n) is 7.24. The summed E-state index contributed by atoms with van der Waals surface area (Å²) in [5.41, 5.74) is 0.731. The highest BCUT2D eigenvalue weighted by Gasteiger charge is 2.41. The fraction of sp³-hybridized carbons (Fsp3) is 1.00. The molecule has 1 spiro atoms. The van der Waals surface area contributed by atoms with Gasteiger partial charge in [-0.2, -0.15) is 0 Å². The number of hydrogen-bond donors (Lipinski definition) is 2. The van der Waals surface area contributed by atoms with Crippen LogP contribution in [0.15, 0.2) is 0 Å². The van der Waals surface area contributed by atoms with Crippen LogP contribution in [0.4, 0.5) is 0 Å². The Bertz CT molecular complexity index is 324. The zero-order valence-electron chi connectivity index (χ0n) is 13.0. The van der Waals surface area contributed by atoms with Gasteiger partial charge in [0.05, 0.1) is 0 Å². The van der Waals surface area contributed by atoms with E-state index < -0.39 is 0 Å². The summed E-state index contributed by atoms with van der Waals surface area (Å²) in [4.78, 5) is 0. The van der Waals surface area contributed by atoms with Crippen LogP contribution in [-0.4, -0.2) is 25.2 Å². The van der Waals surface area contributed by atoms with E-state index in [1.54, 1.807) is 0 Å². The van der Waals surface area contributed by atoms with Crippen LogP contribution in [0, 0.1) is 17.3 Å². The Morgan fingerprint density at radius 2 is 1.60 bits per heavy atom. The highest BCUT2D eigenvalue weighted by atomic mass is 15.0. The van der Waals surface area contributed by atoms with Crippen molar-refractivity contribution >= 4 is 0 Å². The Balaban J connectivity index is 1.29. The largest absolute Gasteiger partial charge is 0.317 e. The summed E-state index contributed by atoms with van der Waals surface area (Å²) in [7, 11) is 0. The highest BCUT2D eigenvalue weighted by Crippen LogP contribution is 2.46. The molecule has 4 fully saturated rings. The minimum Gasteiger partial charge on any atom is -0.317 e. The molecular weight excluding hydrogens is 244 g/mol. The first-order valence-electron chi connectivity index (χ1n) is 9.31. The third-order valence-corrected chi connectivity index (χ3v) is 7.24. The van der Waals surface area contributed by atoms with E-state index in [-0.39, 0.29) is 0 Å². The number of rotatable bonds is 2. The van der Waals surface area contributed by atoms with Crippen LogP contribution in [-0.2, 0) is 0 Å². The molecule has 2 N–H and O–H groups in total. The van der Waals surface area contributed by atoms with Gasteiger partial charge in [-0.25, -0.2) is 0 Å². The van der Waals surface area contributed by atoms with Crippen molar-refractivity contribution in [3.05, 3.63) is 0 Å². The smallest absolute Gasteiger partial charge is 0.0101 e. The Hall–Kier alpha value is -0.0800. The molecule has 0 aromatic carbocycles. The van der Waals surface area contributed by atoms with Gasteiger partial charge in [0.15, 0.2) is 0 Å². The number of fused-ring (bicyclic) bond motifs is 1. The second-order valence-corrected chi connectivity index (χ2v) is 8.23. The fourth-order valence-electron chi connectivity index (χ4n) is 5.92. The van der Waals surface area contributed by atoms with Gasteiger partial charge in [-0.15, -0.1) is 0 Å². The summed E-state index contributed by atoms with van der Waals surface area (Å²) in [5.74, 6) is 2.14. The van der Waals surface area contributed by atoms with Crippen molar-refractivity contribution in [1.82, 2.24) is 10.6 Å². The predicted molar refractivity (Wildman–Crippen MR) is 83.8 cm³/mol. The van der Waals surface area contributed by atoms with E-state index in [2.05, 4.69) is 10.6 Å². The lowest BCUT2D eigenvalue weighted by atomic mass is 9.67. The fourth-order valence-corrected chi connectivity index (χ4v) is 5.92. The van der Waals surface area contributed by atoms with Gasteiger partial charge < -0.3 is 10.6 Å². The first kappa shape index (κ1) is 13.6. The van der Waals surface area contributed by atoms with Gasteiger partial charge in [0, 0.05) is 12.1 Å². The summed E-state index contributed by atoms with van der Waals surface area (Å²) >= 11 is 0. The second kappa shape index (κ2) is 5.61. The van der Waals surface area contributed by atoms with Gasteiger partial charge in [0.2, 0.25) is 0 Å². The Morgan fingerprint density at radius 3 is 2.40 bits per heavy atom. The SMILES string of the molecule is C1C[C@@H]2CC[C@@H](NC3CCC4(CCNCC4)CC3)[C@@H]2C1. The molecule has 1 aliphatic heterocycles. The molecule has 20 heavy (non-hydrogen) atoms. The lowest BCUT2D eigenvalue weighted by Crippen LogP contribution is -2.46. The maximum absolute atomic E-state index is 4.10. The molecule has 0 unspecified atom stereocenters. The van der Waals surface area contributed by atoms with Crippen LogP contribution in [0.5, 0.6) is 0 Å². The summed E-state index contributed by atoms with van der Waals surface area (Å²) in [6.45, 7) is 2.54. The average molecular weight is 276 g/mol. The van der Waals surface area contributed by atoms with Gasteiger partial charge >= 0.3 is 0 Å². The third kappa shape index (κ3) is 2.54. The maximum Gasteiger partial charge on any atom is 0.0101 e. The lowest BCUT2D eigenvalue weighted by molar-refractivity contribution is 0.110. The van der Waals surface area contributed by atoms with E-state index in [0.717, 1.165) is 29.3 Å². The average Bonchev–Trinajstić information content (AvgIpc) is 3.08. The maximum atomic E-state index is 4.10. The van der Waals surface area contributed by atoms with E-state index in [1.165, 1.54) is 83.7 Å². The number of nitrogens with one attached hydrogen (secondary N) is 2. The monoisotopic (exact) mass is 276 g/mol. The first-order chi connectivity index (χ1) is 9.85. The lowest BCUT2D eigenvalue weighted by Gasteiger charge is -2.44. The van der Waals surface area contributed by atoms with Crippen molar-refractivity contribution in [3.8, 4) is 0 Å². The first-order valence-corrected chi connectivity index (χ1v) is 9.31. The van der Waals surface area contributed by atoms with Crippen LogP contribution in [0.2, 0.25) is 0 Å². The molecule has 3 atom stereocenters. The van der Waals surface area contributed by atoms with Crippen molar-refractivity contribution in [2.45, 2.75) is 82.7 Å². The zero-order valence-corrected chi connectivity index (χ0v) is 13.0. The molecule has 4 aliphatic rings. The summed E-state index contributed by atoms with van der Waals surface area (Å²) in [6, 6.07) is 1.73. The normalized spacial score (nSPS) is 41.1. The molecule has 1 saturated heterocycles. The van der Waals surface area contributed by atoms with Crippen molar-refractivity contribution in [2.75, 3.05) is 13.1 Å². The van der Waals surface area contributed by atoms with Gasteiger partial charge in [0.25, 0.3) is 0 Å². The minimum atomic E-state index is 0.731. The van der Waals surface area contributed by atoms with Crippen molar-refractivity contribution in [3.63, 3.8) is 0 Å². The molecule has 0 amide bonds. The second-order valence-electron chi connectivity index (χ2n) is 8.23. The van der Waals surface area contributed by atoms with E-state index in [0.29, 0.717) is 0 Å². The van der Waals surface area contributed by atoms with Crippen LogP contribution in [0.25, 0.3) is 0 Å². The van der Waals surface area contributed by atoms with Crippen LogP contribution < -0.4 is 10.6 Å². The van der Waals surface area contributed by atoms with E-state index in [9.17, 15) is 0 Å². The molecule has 4 rings (SSSR count). The van der Waals surface area contributed by atoms with Crippen molar-refractivity contribution in [2.24, 2.45) is 17.3 Å². The minimum absolute atomic E-state index is 0.731. The Labute approximate surface area is 124 Å². The Kier molecular flexibility index (Phi) is 3.80. The molecule has 0 radical (unpaired) electrons. The van der Waals surface area contributed by atoms with E-state index in [4.69, 9.17) is 0 Å². The molecular formula is C18H32N2. The van der Waals surface area contributed by atoms with Gasteiger partial charge in [-0.3, -0.25) is 0 Å². The molecule has 0 aromatic rings. The van der Waals surface area contributed by atoms with Crippen molar-refractivity contribution < 1.29 is 0 Å². The number of hydrogen-bond acceptors (Lipinski definition) is 2. The summed E-state index contributed by atoms with van der Waals surface area (Å²) in [5, 5.41) is 7.63. The quantitative estimate of drug-likeness (QED) is 0.807. The predicted octanol–water partition coefficient (Wildman–Crippen LogP) is 3.47. The van der Waals surface area contributed by atoms with Gasteiger partial charge in [0.1, 0.15) is 0 Å². The molecule has 0 aromatic heterocycles. The highest BCUT2D eigenvalue weighted by molar-refractivity contribution is 4.97. The topological polar surface area (TPSA) is 24.1 Å². The van der Waals surface area contributed by atoms with Gasteiger partial charge in [-0.05, 0) is 88.1 Å². The summed E-state index contributed by atoms with van der Waals surface area (Å²) < 4.78 is 0. The van der Waals surface area contributed by atoms with Crippen LogP contribution in [0.3, 0.4) is 0 Å². The molecule has 2 nitrogen and oxygen atoms in total.